The van der Waals surface area contributed by atoms with Gasteiger partial charge < -0.3 is 4.74 Å². The first-order valence-electron chi connectivity index (χ1n) is 7.69. The molecule has 0 atom stereocenters. The summed E-state index contributed by atoms with van der Waals surface area (Å²) in [5.41, 5.74) is 3.25. The van der Waals surface area contributed by atoms with Crippen LogP contribution < -0.4 is 0 Å². The monoisotopic (exact) mass is 367 g/mol. The molecule has 0 saturated carbocycles. The minimum absolute atomic E-state index is 0.322. The Labute approximate surface area is 155 Å². The molecule has 0 aliphatic heterocycles. The molecule has 0 unspecified atom stereocenters. The van der Waals surface area contributed by atoms with Crippen molar-refractivity contribution in [1.82, 2.24) is 0 Å². The quantitative estimate of drug-likeness (QED) is 0.549. The molecule has 0 spiro atoms. The Morgan fingerprint density at radius 2 is 1.92 bits per heavy atom. The van der Waals surface area contributed by atoms with E-state index in [1.165, 1.54) is 11.3 Å². The van der Waals surface area contributed by atoms with Crippen molar-refractivity contribution in [3.63, 3.8) is 0 Å². The fraction of sp³-hybridized carbons (Fsp3) is 0.100. The first-order chi connectivity index (χ1) is 12.1. The Kier molecular flexibility index (Phi) is 5.18. The van der Waals surface area contributed by atoms with E-state index in [0.29, 0.717) is 22.1 Å². The predicted octanol–water partition coefficient (Wildman–Crippen LogP) is 5.78. The lowest BCUT2D eigenvalue weighted by Crippen LogP contribution is -2.01. The Morgan fingerprint density at radius 1 is 1.16 bits per heavy atom. The van der Waals surface area contributed by atoms with Gasteiger partial charge in [-0.2, -0.15) is 5.26 Å². The van der Waals surface area contributed by atoms with E-state index in [1.807, 2.05) is 42.5 Å². The van der Waals surface area contributed by atoms with Crippen molar-refractivity contribution in [2.75, 3.05) is 6.61 Å². The van der Waals surface area contributed by atoms with Crippen LogP contribution in [0.3, 0.4) is 0 Å². The number of carbonyl (C=O) groups excluding carboxylic acids is 1. The molecule has 1 aromatic heterocycles. The van der Waals surface area contributed by atoms with Gasteiger partial charge in [0, 0.05) is 15.5 Å². The van der Waals surface area contributed by atoms with Gasteiger partial charge in [-0.3, -0.25) is 0 Å². The van der Waals surface area contributed by atoms with E-state index < -0.39 is 0 Å². The van der Waals surface area contributed by atoms with Crippen molar-refractivity contribution in [2.24, 2.45) is 0 Å². The molecule has 2 aromatic carbocycles. The lowest BCUT2D eigenvalue weighted by Gasteiger charge is -2.05. The summed E-state index contributed by atoms with van der Waals surface area (Å²) in [6, 6.07) is 18.8. The third-order valence-electron chi connectivity index (χ3n) is 3.60. The van der Waals surface area contributed by atoms with Crippen molar-refractivity contribution in [3.8, 4) is 27.6 Å². The molecule has 0 radical (unpaired) electrons. The summed E-state index contributed by atoms with van der Waals surface area (Å²) >= 11 is 7.49. The van der Waals surface area contributed by atoms with Crippen molar-refractivity contribution < 1.29 is 9.53 Å². The minimum atomic E-state index is -0.349. The number of hydrogen-bond acceptors (Lipinski definition) is 4. The molecule has 3 aromatic rings. The fourth-order valence-corrected chi connectivity index (χ4v) is 3.77. The summed E-state index contributed by atoms with van der Waals surface area (Å²) < 4.78 is 5.13. The Bertz CT molecular complexity index is 972. The van der Waals surface area contributed by atoms with Gasteiger partial charge in [-0.25, -0.2) is 4.79 Å². The molecule has 0 aliphatic rings. The largest absolute Gasteiger partial charge is 0.462 e. The summed E-state index contributed by atoms with van der Waals surface area (Å²) in [4.78, 5) is 13.6. The third-order valence-corrected chi connectivity index (χ3v) is 5.00. The molecule has 5 heteroatoms. The average Bonchev–Trinajstić information content (AvgIpc) is 3.07. The first-order valence-corrected chi connectivity index (χ1v) is 8.89. The summed E-state index contributed by atoms with van der Waals surface area (Å²) in [6.45, 7) is 2.10. The molecule has 0 fully saturated rings. The zero-order valence-corrected chi connectivity index (χ0v) is 15.0. The van der Waals surface area contributed by atoms with E-state index in [-0.39, 0.29) is 5.97 Å². The van der Waals surface area contributed by atoms with Crippen molar-refractivity contribution in [3.05, 3.63) is 70.1 Å². The van der Waals surface area contributed by atoms with Gasteiger partial charge >= 0.3 is 5.97 Å². The molecular weight excluding hydrogens is 354 g/mol. The number of carbonyl (C=O) groups is 1. The highest BCUT2D eigenvalue weighted by atomic mass is 35.5. The van der Waals surface area contributed by atoms with Crippen LogP contribution in [0.15, 0.2) is 54.6 Å². The summed E-state index contributed by atoms with van der Waals surface area (Å²) in [7, 11) is 0. The number of esters is 1. The van der Waals surface area contributed by atoms with Crippen LogP contribution in [-0.4, -0.2) is 12.6 Å². The smallest absolute Gasteiger partial charge is 0.348 e. The number of hydrogen-bond donors (Lipinski definition) is 0. The van der Waals surface area contributed by atoms with E-state index in [9.17, 15) is 4.79 Å². The second kappa shape index (κ2) is 7.52. The van der Waals surface area contributed by atoms with Crippen LogP contribution in [0, 0.1) is 11.3 Å². The summed E-state index contributed by atoms with van der Waals surface area (Å²) in [5.74, 6) is -0.349. The van der Waals surface area contributed by atoms with Gasteiger partial charge in [-0.1, -0.05) is 35.9 Å². The third kappa shape index (κ3) is 3.74. The van der Waals surface area contributed by atoms with Gasteiger partial charge in [0.05, 0.1) is 18.2 Å². The molecule has 0 N–H and O–H groups in total. The average molecular weight is 368 g/mol. The van der Waals surface area contributed by atoms with Crippen LogP contribution in [0.4, 0.5) is 0 Å². The molecule has 0 amide bonds. The molecule has 124 valence electrons. The van der Waals surface area contributed by atoms with Crippen LogP contribution in [0.1, 0.15) is 22.2 Å². The second-order valence-corrected chi connectivity index (χ2v) is 6.77. The molecule has 0 aliphatic carbocycles. The van der Waals surface area contributed by atoms with Crippen molar-refractivity contribution in [1.29, 1.82) is 5.26 Å². The van der Waals surface area contributed by atoms with E-state index in [2.05, 4.69) is 6.07 Å². The van der Waals surface area contributed by atoms with E-state index in [1.54, 1.807) is 19.1 Å². The van der Waals surface area contributed by atoms with Crippen molar-refractivity contribution >= 4 is 28.9 Å². The Balaban J connectivity index is 2.18. The molecule has 0 bridgehead atoms. The minimum Gasteiger partial charge on any atom is -0.462 e. The number of nitrogens with zero attached hydrogens (tertiary/aromatic N) is 1. The van der Waals surface area contributed by atoms with E-state index >= 15 is 0 Å². The normalized spacial score (nSPS) is 10.3. The molecule has 1 heterocycles. The number of ether oxygens (including phenoxy) is 1. The fourth-order valence-electron chi connectivity index (χ4n) is 2.51. The maximum absolute atomic E-state index is 12.2. The summed E-state index contributed by atoms with van der Waals surface area (Å²) in [5, 5.41) is 9.78. The lowest BCUT2D eigenvalue weighted by atomic mass is 10.0. The number of nitriles is 1. The van der Waals surface area contributed by atoms with Crippen LogP contribution in [-0.2, 0) is 4.74 Å². The van der Waals surface area contributed by atoms with Gasteiger partial charge in [0.1, 0.15) is 4.88 Å². The predicted molar refractivity (Wildman–Crippen MR) is 101 cm³/mol. The number of halogens is 1. The van der Waals surface area contributed by atoms with Crippen LogP contribution in [0.2, 0.25) is 5.02 Å². The van der Waals surface area contributed by atoms with E-state index in [4.69, 9.17) is 21.6 Å². The molecule has 3 nitrogen and oxygen atoms in total. The highest BCUT2D eigenvalue weighted by molar-refractivity contribution is 7.18. The first kappa shape index (κ1) is 17.2. The molecule has 0 saturated heterocycles. The number of thiophene rings is 1. The van der Waals surface area contributed by atoms with Gasteiger partial charge in [-0.05, 0) is 48.4 Å². The van der Waals surface area contributed by atoms with Gasteiger partial charge in [0.25, 0.3) is 0 Å². The maximum Gasteiger partial charge on any atom is 0.348 e. The SMILES string of the molecule is CCOC(=O)c1cc(-c2cccc(C#N)c2)c(-c2cccc(Cl)c2)s1. The highest BCUT2D eigenvalue weighted by Crippen LogP contribution is 2.40. The Morgan fingerprint density at radius 3 is 2.64 bits per heavy atom. The topological polar surface area (TPSA) is 50.1 Å². The zero-order chi connectivity index (χ0) is 17.8. The molecular formula is C20H14ClNO2S. The second-order valence-electron chi connectivity index (χ2n) is 5.28. The number of rotatable bonds is 4. The van der Waals surface area contributed by atoms with Gasteiger partial charge in [-0.15, -0.1) is 11.3 Å². The van der Waals surface area contributed by atoms with Crippen LogP contribution in [0.25, 0.3) is 21.6 Å². The van der Waals surface area contributed by atoms with Crippen LogP contribution >= 0.6 is 22.9 Å². The molecule has 25 heavy (non-hydrogen) atoms. The van der Waals surface area contributed by atoms with Crippen molar-refractivity contribution in [2.45, 2.75) is 6.92 Å². The molecule has 3 rings (SSSR count). The van der Waals surface area contributed by atoms with E-state index in [0.717, 1.165) is 21.6 Å². The zero-order valence-electron chi connectivity index (χ0n) is 13.5. The lowest BCUT2D eigenvalue weighted by molar-refractivity contribution is 0.0532. The standard InChI is InChI=1S/C20H14ClNO2S/c1-2-24-20(23)18-11-17(14-6-3-5-13(9-14)12-22)19(25-18)15-7-4-8-16(21)10-15/h3-11H,2H2,1H3. The number of benzene rings is 2. The van der Waals surface area contributed by atoms with Crippen LogP contribution in [0.5, 0.6) is 0 Å². The summed E-state index contributed by atoms with van der Waals surface area (Å²) in [6.07, 6.45) is 0. The van der Waals surface area contributed by atoms with Gasteiger partial charge in [0.15, 0.2) is 0 Å². The van der Waals surface area contributed by atoms with Gasteiger partial charge in [0.2, 0.25) is 0 Å². The highest BCUT2D eigenvalue weighted by Gasteiger charge is 2.18. The Hall–Kier alpha value is -2.61. The maximum atomic E-state index is 12.2.